The second-order valence-corrected chi connectivity index (χ2v) is 5.26. The summed E-state index contributed by atoms with van der Waals surface area (Å²) in [4.78, 5) is 12.0. The minimum Gasteiger partial charge on any atom is -0.294 e. The van der Waals surface area contributed by atoms with Gasteiger partial charge in [0.1, 0.15) is 0 Å². The first-order chi connectivity index (χ1) is 7.46. The molecule has 16 heavy (non-hydrogen) atoms. The van der Waals surface area contributed by atoms with Crippen molar-refractivity contribution in [1.82, 2.24) is 0 Å². The molecule has 1 heteroatoms. The Labute approximate surface area is 98.9 Å². The van der Waals surface area contributed by atoms with E-state index >= 15 is 0 Å². The van der Waals surface area contributed by atoms with Gasteiger partial charge in [0.25, 0.3) is 0 Å². The second kappa shape index (κ2) is 5.29. The number of ketones is 1. The van der Waals surface area contributed by atoms with E-state index in [0.717, 1.165) is 24.0 Å². The Morgan fingerprint density at radius 2 is 1.88 bits per heavy atom. The molecule has 0 spiro atoms. The lowest BCUT2D eigenvalue weighted by molar-refractivity contribution is 0.0961. The molecule has 0 unspecified atom stereocenters. The number of benzene rings is 1. The molecule has 0 saturated carbocycles. The molecule has 0 bridgehead atoms. The van der Waals surface area contributed by atoms with Crippen LogP contribution in [-0.4, -0.2) is 5.78 Å². The van der Waals surface area contributed by atoms with E-state index in [0.29, 0.717) is 6.42 Å². The molecule has 0 saturated heterocycles. The summed E-state index contributed by atoms with van der Waals surface area (Å²) in [5.41, 5.74) is 2.24. The van der Waals surface area contributed by atoms with E-state index in [-0.39, 0.29) is 11.2 Å². The number of hydrogen-bond donors (Lipinski definition) is 0. The van der Waals surface area contributed by atoms with Crippen LogP contribution in [-0.2, 0) is 0 Å². The van der Waals surface area contributed by atoms with Crippen LogP contribution >= 0.6 is 0 Å². The first-order valence-corrected chi connectivity index (χ1v) is 6.05. The third kappa shape index (κ3) is 3.48. The van der Waals surface area contributed by atoms with E-state index < -0.39 is 0 Å². The van der Waals surface area contributed by atoms with Crippen molar-refractivity contribution in [2.75, 3.05) is 0 Å². The summed E-state index contributed by atoms with van der Waals surface area (Å²) in [5.74, 6) is 0.277. The zero-order valence-electron chi connectivity index (χ0n) is 10.8. The van der Waals surface area contributed by atoms with E-state index in [4.69, 9.17) is 0 Å². The van der Waals surface area contributed by atoms with Crippen molar-refractivity contribution in [3.05, 3.63) is 35.4 Å². The Morgan fingerprint density at radius 1 is 1.25 bits per heavy atom. The van der Waals surface area contributed by atoms with Gasteiger partial charge in [0.15, 0.2) is 5.78 Å². The summed E-state index contributed by atoms with van der Waals surface area (Å²) in [6.07, 6.45) is 2.75. The van der Waals surface area contributed by atoms with E-state index in [1.54, 1.807) is 0 Å². The van der Waals surface area contributed by atoms with Gasteiger partial charge in [-0.05, 0) is 24.3 Å². The normalized spacial score (nSPS) is 11.5. The van der Waals surface area contributed by atoms with Crippen LogP contribution in [0.5, 0.6) is 0 Å². The van der Waals surface area contributed by atoms with Gasteiger partial charge in [0, 0.05) is 12.0 Å². The maximum Gasteiger partial charge on any atom is 0.163 e. The van der Waals surface area contributed by atoms with Gasteiger partial charge < -0.3 is 0 Å². The summed E-state index contributed by atoms with van der Waals surface area (Å²) in [6.45, 7) is 8.62. The Kier molecular flexibility index (Phi) is 4.28. The van der Waals surface area contributed by atoms with Gasteiger partial charge in [0.2, 0.25) is 0 Å². The minimum absolute atomic E-state index is 0.276. The van der Waals surface area contributed by atoms with Gasteiger partial charge in [0.05, 0.1) is 0 Å². The van der Waals surface area contributed by atoms with Crippen molar-refractivity contribution >= 4 is 5.78 Å². The average molecular weight is 218 g/mol. The average Bonchev–Trinajstić information content (AvgIpc) is 2.27. The molecule has 1 nitrogen and oxygen atoms in total. The Balaban J connectivity index is 2.64. The second-order valence-electron chi connectivity index (χ2n) is 5.26. The van der Waals surface area contributed by atoms with E-state index in [2.05, 4.69) is 20.8 Å². The molecule has 0 aliphatic rings. The van der Waals surface area contributed by atoms with Gasteiger partial charge in [-0.2, -0.15) is 0 Å². The molecular weight excluding hydrogens is 196 g/mol. The zero-order chi connectivity index (χ0) is 12.2. The summed E-state index contributed by atoms with van der Waals surface area (Å²) >= 11 is 0. The molecule has 0 N–H and O–H groups in total. The standard InChI is InChI=1S/C15H22O/c1-5-15(3,4)11-10-14(16)13-9-7-6-8-12(13)2/h6-9H,5,10-11H2,1-4H3. The zero-order valence-corrected chi connectivity index (χ0v) is 10.8. The molecular formula is C15H22O. The fourth-order valence-electron chi connectivity index (χ4n) is 1.65. The highest BCUT2D eigenvalue weighted by atomic mass is 16.1. The highest BCUT2D eigenvalue weighted by Gasteiger charge is 2.17. The van der Waals surface area contributed by atoms with Gasteiger partial charge >= 0.3 is 0 Å². The molecule has 1 rings (SSSR count). The van der Waals surface area contributed by atoms with Crippen molar-refractivity contribution < 1.29 is 4.79 Å². The Morgan fingerprint density at radius 3 is 2.44 bits per heavy atom. The maximum atomic E-state index is 12.0. The Hall–Kier alpha value is -1.11. The smallest absolute Gasteiger partial charge is 0.163 e. The summed E-state index contributed by atoms with van der Waals surface area (Å²) in [7, 11) is 0. The lowest BCUT2D eigenvalue weighted by Gasteiger charge is -2.21. The highest BCUT2D eigenvalue weighted by Crippen LogP contribution is 2.27. The third-order valence-corrected chi connectivity index (χ3v) is 3.43. The quantitative estimate of drug-likeness (QED) is 0.670. The molecule has 88 valence electrons. The van der Waals surface area contributed by atoms with Crippen molar-refractivity contribution in [1.29, 1.82) is 0 Å². The van der Waals surface area contributed by atoms with Crippen molar-refractivity contribution in [3.63, 3.8) is 0 Å². The van der Waals surface area contributed by atoms with Crippen LogP contribution in [0.15, 0.2) is 24.3 Å². The number of aryl methyl sites for hydroxylation is 1. The predicted molar refractivity (Wildman–Crippen MR) is 68.8 cm³/mol. The largest absolute Gasteiger partial charge is 0.294 e. The van der Waals surface area contributed by atoms with Crippen LogP contribution in [0.2, 0.25) is 0 Å². The van der Waals surface area contributed by atoms with E-state index in [1.165, 1.54) is 0 Å². The summed E-state index contributed by atoms with van der Waals surface area (Å²) in [6, 6.07) is 7.84. The number of Topliss-reactive ketones (excluding diaryl/α,β-unsaturated/α-hetero) is 1. The fraction of sp³-hybridized carbons (Fsp3) is 0.533. The highest BCUT2D eigenvalue weighted by molar-refractivity contribution is 5.97. The SMILES string of the molecule is CCC(C)(C)CCC(=O)c1ccccc1C. The van der Waals surface area contributed by atoms with Crippen molar-refractivity contribution in [2.45, 2.75) is 47.0 Å². The van der Waals surface area contributed by atoms with Crippen LogP contribution in [0.1, 0.15) is 56.0 Å². The van der Waals surface area contributed by atoms with Crippen LogP contribution in [0, 0.1) is 12.3 Å². The van der Waals surface area contributed by atoms with Gasteiger partial charge in [-0.3, -0.25) is 4.79 Å². The lowest BCUT2D eigenvalue weighted by Crippen LogP contribution is -2.12. The van der Waals surface area contributed by atoms with Crippen LogP contribution < -0.4 is 0 Å². The predicted octanol–water partition coefficient (Wildman–Crippen LogP) is 4.39. The van der Waals surface area contributed by atoms with Crippen LogP contribution in [0.4, 0.5) is 0 Å². The first kappa shape index (κ1) is 13.0. The van der Waals surface area contributed by atoms with Gasteiger partial charge in [-0.1, -0.05) is 51.5 Å². The molecule has 0 aromatic heterocycles. The Bertz CT molecular complexity index is 363. The maximum absolute atomic E-state index is 12.0. The van der Waals surface area contributed by atoms with E-state index in [9.17, 15) is 4.79 Å². The molecule has 0 aliphatic heterocycles. The molecule has 1 aromatic carbocycles. The molecule has 0 radical (unpaired) electrons. The monoisotopic (exact) mass is 218 g/mol. The number of carbonyl (C=O) groups is 1. The molecule has 0 aliphatic carbocycles. The van der Waals surface area contributed by atoms with Crippen LogP contribution in [0.3, 0.4) is 0 Å². The number of carbonyl (C=O) groups excluding carboxylic acids is 1. The molecule has 0 heterocycles. The van der Waals surface area contributed by atoms with Crippen molar-refractivity contribution in [3.8, 4) is 0 Å². The molecule has 1 aromatic rings. The van der Waals surface area contributed by atoms with Crippen molar-refractivity contribution in [2.24, 2.45) is 5.41 Å². The lowest BCUT2D eigenvalue weighted by atomic mass is 9.83. The van der Waals surface area contributed by atoms with Crippen LogP contribution in [0.25, 0.3) is 0 Å². The van der Waals surface area contributed by atoms with Gasteiger partial charge in [-0.25, -0.2) is 0 Å². The summed E-state index contributed by atoms with van der Waals surface area (Å²) in [5, 5.41) is 0. The molecule has 0 fully saturated rings. The number of hydrogen-bond acceptors (Lipinski definition) is 1. The first-order valence-electron chi connectivity index (χ1n) is 6.05. The topological polar surface area (TPSA) is 17.1 Å². The fourth-order valence-corrected chi connectivity index (χ4v) is 1.65. The molecule has 0 atom stereocenters. The minimum atomic E-state index is 0.276. The molecule has 0 amide bonds. The number of rotatable bonds is 5. The van der Waals surface area contributed by atoms with E-state index in [1.807, 2.05) is 31.2 Å². The van der Waals surface area contributed by atoms with Gasteiger partial charge in [-0.15, -0.1) is 0 Å². The summed E-state index contributed by atoms with van der Waals surface area (Å²) < 4.78 is 0. The third-order valence-electron chi connectivity index (χ3n) is 3.43.